The SMILES string of the molecule is NC(=O)c1c(N)nsc1NCCCc1ccccc1. The zero-order valence-corrected chi connectivity index (χ0v) is 11.2. The summed E-state index contributed by atoms with van der Waals surface area (Å²) in [6.45, 7) is 0.747. The summed E-state index contributed by atoms with van der Waals surface area (Å²) in [5, 5.41) is 3.81. The van der Waals surface area contributed by atoms with E-state index in [1.54, 1.807) is 0 Å². The zero-order chi connectivity index (χ0) is 13.7. The molecule has 1 amide bonds. The molecule has 5 nitrogen and oxygen atoms in total. The molecule has 1 aromatic carbocycles. The number of carbonyl (C=O) groups is 1. The molecule has 1 heterocycles. The van der Waals surface area contributed by atoms with E-state index in [-0.39, 0.29) is 5.82 Å². The Bertz CT molecular complexity index is 553. The maximum Gasteiger partial charge on any atom is 0.255 e. The second-order valence-corrected chi connectivity index (χ2v) is 4.93. The van der Waals surface area contributed by atoms with Crippen LogP contribution in [-0.2, 0) is 6.42 Å². The largest absolute Gasteiger partial charge is 0.382 e. The fraction of sp³-hybridized carbons (Fsp3) is 0.231. The second kappa shape index (κ2) is 6.19. The first-order valence-corrected chi connectivity index (χ1v) is 6.78. The first-order chi connectivity index (χ1) is 9.18. The van der Waals surface area contributed by atoms with Crippen LogP contribution in [0.5, 0.6) is 0 Å². The van der Waals surface area contributed by atoms with Crippen molar-refractivity contribution in [2.45, 2.75) is 12.8 Å². The number of amides is 1. The molecule has 0 aliphatic rings. The van der Waals surface area contributed by atoms with E-state index in [1.165, 1.54) is 5.56 Å². The van der Waals surface area contributed by atoms with E-state index < -0.39 is 5.91 Å². The molecule has 100 valence electrons. The van der Waals surface area contributed by atoms with E-state index in [4.69, 9.17) is 11.5 Å². The van der Waals surface area contributed by atoms with Crippen LogP contribution in [0.15, 0.2) is 30.3 Å². The lowest BCUT2D eigenvalue weighted by Gasteiger charge is -2.05. The van der Waals surface area contributed by atoms with E-state index in [0.29, 0.717) is 10.6 Å². The summed E-state index contributed by atoms with van der Waals surface area (Å²) in [6, 6.07) is 10.2. The minimum absolute atomic E-state index is 0.197. The summed E-state index contributed by atoms with van der Waals surface area (Å²) in [5.41, 5.74) is 12.4. The van der Waals surface area contributed by atoms with Gasteiger partial charge in [0.15, 0.2) is 5.82 Å². The summed E-state index contributed by atoms with van der Waals surface area (Å²) in [6.07, 6.45) is 1.94. The van der Waals surface area contributed by atoms with E-state index in [2.05, 4.69) is 21.8 Å². The third-order valence-corrected chi connectivity index (χ3v) is 3.55. The van der Waals surface area contributed by atoms with Gasteiger partial charge in [0.05, 0.1) is 0 Å². The molecule has 0 unspecified atom stereocenters. The minimum atomic E-state index is -0.545. The summed E-state index contributed by atoms with van der Waals surface area (Å²) < 4.78 is 3.93. The molecule has 0 aliphatic carbocycles. The predicted molar refractivity (Wildman–Crippen MR) is 78.3 cm³/mol. The van der Waals surface area contributed by atoms with E-state index in [0.717, 1.165) is 30.9 Å². The number of hydrogen-bond acceptors (Lipinski definition) is 5. The Labute approximate surface area is 115 Å². The Morgan fingerprint density at radius 3 is 2.74 bits per heavy atom. The number of nitrogens with two attached hydrogens (primary N) is 2. The Kier molecular flexibility index (Phi) is 4.35. The van der Waals surface area contributed by atoms with Crippen molar-refractivity contribution in [2.24, 2.45) is 5.73 Å². The molecule has 6 heteroatoms. The molecular formula is C13H16N4OS. The number of nitrogens with one attached hydrogen (secondary N) is 1. The molecule has 2 aromatic rings. The van der Waals surface area contributed by atoms with Crippen LogP contribution in [0.2, 0.25) is 0 Å². The summed E-state index contributed by atoms with van der Waals surface area (Å²) in [7, 11) is 0. The molecule has 0 saturated heterocycles. The van der Waals surface area contributed by atoms with Gasteiger partial charge in [0.1, 0.15) is 10.6 Å². The van der Waals surface area contributed by atoms with Gasteiger partial charge < -0.3 is 16.8 Å². The molecule has 0 fully saturated rings. The number of nitrogen functional groups attached to an aromatic ring is 1. The summed E-state index contributed by atoms with van der Waals surface area (Å²) >= 11 is 1.16. The van der Waals surface area contributed by atoms with Crippen LogP contribution >= 0.6 is 11.5 Å². The maximum absolute atomic E-state index is 11.2. The highest BCUT2D eigenvalue weighted by atomic mass is 32.1. The van der Waals surface area contributed by atoms with Crippen LogP contribution in [0.3, 0.4) is 0 Å². The van der Waals surface area contributed by atoms with Crippen LogP contribution in [0.1, 0.15) is 22.3 Å². The molecule has 2 rings (SSSR count). The van der Waals surface area contributed by atoms with Crippen molar-refractivity contribution < 1.29 is 4.79 Å². The van der Waals surface area contributed by atoms with Crippen LogP contribution < -0.4 is 16.8 Å². The first kappa shape index (κ1) is 13.4. The number of benzene rings is 1. The average Bonchev–Trinajstić information content (AvgIpc) is 2.77. The molecule has 0 aliphatic heterocycles. The van der Waals surface area contributed by atoms with Crippen LogP contribution in [0.4, 0.5) is 10.8 Å². The smallest absolute Gasteiger partial charge is 0.255 e. The van der Waals surface area contributed by atoms with Gasteiger partial charge in [-0.3, -0.25) is 4.79 Å². The molecule has 0 bridgehead atoms. The Morgan fingerprint density at radius 2 is 2.05 bits per heavy atom. The Morgan fingerprint density at radius 1 is 1.32 bits per heavy atom. The molecule has 0 saturated carbocycles. The van der Waals surface area contributed by atoms with Crippen molar-refractivity contribution in [1.82, 2.24) is 4.37 Å². The molecule has 19 heavy (non-hydrogen) atoms. The van der Waals surface area contributed by atoms with Crippen LogP contribution in [0.25, 0.3) is 0 Å². The lowest BCUT2D eigenvalue weighted by molar-refractivity contribution is 0.100. The number of rotatable bonds is 6. The lowest BCUT2D eigenvalue weighted by Crippen LogP contribution is -2.15. The highest BCUT2D eigenvalue weighted by molar-refractivity contribution is 7.11. The van der Waals surface area contributed by atoms with Crippen LogP contribution in [-0.4, -0.2) is 16.8 Å². The maximum atomic E-state index is 11.2. The topological polar surface area (TPSA) is 94.0 Å². The van der Waals surface area contributed by atoms with Crippen molar-refractivity contribution >= 4 is 28.3 Å². The van der Waals surface area contributed by atoms with Crippen molar-refractivity contribution in [3.63, 3.8) is 0 Å². The van der Waals surface area contributed by atoms with E-state index >= 15 is 0 Å². The fourth-order valence-corrected chi connectivity index (χ4v) is 2.54. The zero-order valence-electron chi connectivity index (χ0n) is 10.4. The number of hydrogen-bond donors (Lipinski definition) is 3. The van der Waals surface area contributed by atoms with Crippen molar-refractivity contribution in [1.29, 1.82) is 0 Å². The van der Waals surface area contributed by atoms with Gasteiger partial charge in [-0.2, -0.15) is 4.37 Å². The standard InChI is InChI=1S/C13H16N4OS/c14-11-10(12(15)18)13(19-17-11)16-8-4-7-9-5-2-1-3-6-9/h1-3,5-6,16H,4,7-8H2,(H2,14,17)(H2,15,18). The van der Waals surface area contributed by atoms with Gasteiger partial charge in [0.25, 0.3) is 5.91 Å². The van der Waals surface area contributed by atoms with Gasteiger partial charge in [-0.15, -0.1) is 0 Å². The summed E-state index contributed by atoms with van der Waals surface area (Å²) in [4.78, 5) is 11.2. The quantitative estimate of drug-likeness (QED) is 0.702. The van der Waals surface area contributed by atoms with Crippen molar-refractivity contribution in [3.05, 3.63) is 41.5 Å². The van der Waals surface area contributed by atoms with E-state index in [9.17, 15) is 4.79 Å². The number of carbonyl (C=O) groups excluding carboxylic acids is 1. The molecular weight excluding hydrogens is 260 g/mol. The average molecular weight is 276 g/mol. The number of nitrogens with zero attached hydrogens (tertiary/aromatic N) is 1. The first-order valence-electron chi connectivity index (χ1n) is 6.01. The molecule has 5 N–H and O–H groups in total. The molecule has 1 aromatic heterocycles. The lowest BCUT2D eigenvalue weighted by atomic mass is 10.1. The number of anilines is 2. The summed E-state index contributed by atoms with van der Waals surface area (Å²) in [5.74, 6) is -0.347. The normalized spacial score (nSPS) is 10.3. The fourth-order valence-electron chi connectivity index (χ4n) is 1.80. The third kappa shape index (κ3) is 3.45. The minimum Gasteiger partial charge on any atom is -0.382 e. The van der Waals surface area contributed by atoms with E-state index in [1.807, 2.05) is 18.2 Å². The monoisotopic (exact) mass is 276 g/mol. The molecule has 0 atom stereocenters. The van der Waals surface area contributed by atoms with Crippen molar-refractivity contribution in [3.8, 4) is 0 Å². The number of primary amides is 1. The van der Waals surface area contributed by atoms with Crippen molar-refractivity contribution in [2.75, 3.05) is 17.6 Å². The van der Waals surface area contributed by atoms with Gasteiger partial charge >= 0.3 is 0 Å². The predicted octanol–water partition coefficient (Wildman–Crippen LogP) is 1.87. The van der Waals surface area contributed by atoms with Gasteiger partial charge in [-0.1, -0.05) is 30.3 Å². The second-order valence-electron chi connectivity index (χ2n) is 4.15. The number of aryl methyl sites for hydroxylation is 1. The van der Waals surface area contributed by atoms with Crippen LogP contribution in [0, 0.1) is 0 Å². The van der Waals surface area contributed by atoms with Gasteiger partial charge in [-0.05, 0) is 29.9 Å². The third-order valence-electron chi connectivity index (χ3n) is 2.74. The number of aromatic nitrogens is 1. The highest BCUT2D eigenvalue weighted by Gasteiger charge is 2.15. The Hall–Kier alpha value is -2.08. The molecule has 0 spiro atoms. The Balaban J connectivity index is 1.85. The highest BCUT2D eigenvalue weighted by Crippen LogP contribution is 2.25. The van der Waals surface area contributed by atoms with Gasteiger partial charge in [0.2, 0.25) is 0 Å². The van der Waals surface area contributed by atoms with Gasteiger partial charge in [0, 0.05) is 6.54 Å². The molecule has 0 radical (unpaired) electrons. The van der Waals surface area contributed by atoms with Gasteiger partial charge in [-0.25, -0.2) is 0 Å².